The zero-order valence-electron chi connectivity index (χ0n) is 10.1. The van der Waals surface area contributed by atoms with Gasteiger partial charge in [0.1, 0.15) is 11.3 Å². The van der Waals surface area contributed by atoms with Gasteiger partial charge in [-0.15, -0.1) is 11.6 Å². The molecular weight excluding hydrogens is 256 g/mol. The first-order valence-corrected chi connectivity index (χ1v) is 6.25. The Morgan fingerprint density at radius 3 is 2.67 bits per heavy atom. The maximum atomic E-state index is 11.6. The van der Waals surface area contributed by atoms with Gasteiger partial charge in [-0.3, -0.25) is 4.79 Å². The first kappa shape index (κ1) is 14.5. The molecule has 0 radical (unpaired) electrons. The number of halogens is 1. The second-order valence-electron chi connectivity index (χ2n) is 3.48. The summed E-state index contributed by atoms with van der Waals surface area (Å²) in [5, 5.41) is 0. The van der Waals surface area contributed by atoms with E-state index in [9.17, 15) is 9.59 Å². The zero-order chi connectivity index (χ0) is 13.4. The molecule has 0 amide bonds. The number of alkyl halides is 1. The summed E-state index contributed by atoms with van der Waals surface area (Å²) in [5.74, 6) is -0.296. The molecule has 0 heterocycles. The van der Waals surface area contributed by atoms with E-state index >= 15 is 0 Å². The summed E-state index contributed by atoms with van der Waals surface area (Å²) in [4.78, 5) is 23.1. The summed E-state index contributed by atoms with van der Waals surface area (Å²) in [6.45, 7) is 1.99. The highest BCUT2D eigenvalue weighted by Gasteiger charge is 2.15. The molecule has 0 saturated heterocycles. The van der Waals surface area contributed by atoms with Crippen molar-refractivity contribution in [1.82, 2.24) is 0 Å². The average molecular weight is 271 g/mol. The van der Waals surface area contributed by atoms with Gasteiger partial charge in [0.05, 0.1) is 6.61 Å². The highest BCUT2D eigenvalue weighted by Crippen LogP contribution is 2.19. The number of para-hydroxylation sites is 1. The normalized spacial score (nSPS) is 9.89. The number of esters is 2. The summed E-state index contributed by atoms with van der Waals surface area (Å²) in [6.07, 6.45) is 0.766. The molecule has 0 saturated carbocycles. The first-order chi connectivity index (χ1) is 8.69. The molecule has 0 spiro atoms. The van der Waals surface area contributed by atoms with E-state index in [1.54, 1.807) is 31.2 Å². The van der Waals surface area contributed by atoms with E-state index in [4.69, 9.17) is 21.1 Å². The zero-order valence-corrected chi connectivity index (χ0v) is 10.9. The molecule has 0 atom stereocenters. The van der Waals surface area contributed by atoms with Crippen molar-refractivity contribution in [2.75, 3.05) is 12.5 Å². The maximum absolute atomic E-state index is 11.6. The summed E-state index contributed by atoms with van der Waals surface area (Å²) >= 11 is 5.49. The second-order valence-corrected chi connectivity index (χ2v) is 3.86. The summed E-state index contributed by atoms with van der Waals surface area (Å²) in [6, 6.07) is 6.49. The second kappa shape index (κ2) is 7.71. The molecule has 0 aliphatic carbocycles. The van der Waals surface area contributed by atoms with Crippen LogP contribution in [0.25, 0.3) is 0 Å². The van der Waals surface area contributed by atoms with Gasteiger partial charge in [0, 0.05) is 12.3 Å². The maximum Gasteiger partial charge on any atom is 0.341 e. The quantitative estimate of drug-likeness (QED) is 0.453. The number of carbonyl (C=O) groups is 2. The van der Waals surface area contributed by atoms with Crippen LogP contribution in [0.3, 0.4) is 0 Å². The van der Waals surface area contributed by atoms with E-state index in [-0.39, 0.29) is 24.3 Å². The molecule has 98 valence electrons. The van der Waals surface area contributed by atoms with E-state index < -0.39 is 11.9 Å². The minimum atomic E-state index is -0.502. The van der Waals surface area contributed by atoms with Crippen LogP contribution in [-0.4, -0.2) is 24.4 Å². The highest BCUT2D eigenvalue weighted by atomic mass is 35.5. The lowest BCUT2D eigenvalue weighted by molar-refractivity contribution is -0.134. The molecule has 1 aromatic rings. The van der Waals surface area contributed by atoms with Gasteiger partial charge in [0.2, 0.25) is 0 Å². The van der Waals surface area contributed by atoms with E-state index in [1.165, 1.54) is 0 Å². The Morgan fingerprint density at radius 2 is 2.00 bits per heavy atom. The van der Waals surface area contributed by atoms with Crippen molar-refractivity contribution in [2.24, 2.45) is 0 Å². The van der Waals surface area contributed by atoms with Gasteiger partial charge in [0.15, 0.2) is 0 Å². The van der Waals surface area contributed by atoms with Crippen LogP contribution in [0.5, 0.6) is 5.75 Å². The van der Waals surface area contributed by atoms with Crippen LogP contribution in [0.2, 0.25) is 0 Å². The van der Waals surface area contributed by atoms with Gasteiger partial charge in [0.25, 0.3) is 0 Å². The van der Waals surface area contributed by atoms with Crippen LogP contribution in [0.4, 0.5) is 0 Å². The predicted molar refractivity (Wildman–Crippen MR) is 68.0 cm³/mol. The lowest BCUT2D eigenvalue weighted by Crippen LogP contribution is -2.12. The number of hydrogen-bond donors (Lipinski definition) is 0. The fraction of sp³-hybridized carbons (Fsp3) is 0.385. The molecule has 0 unspecified atom stereocenters. The van der Waals surface area contributed by atoms with Crippen LogP contribution < -0.4 is 4.74 Å². The smallest absolute Gasteiger partial charge is 0.341 e. The number of ether oxygens (including phenoxy) is 2. The van der Waals surface area contributed by atoms with Crippen molar-refractivity contribution in [2.45, 2.75) is 19.8 Å². The van der Waals surface area contributed by atoms with Crippen LogP contribution in [0.15, 0.2) is 24.3 Å². The standard InChI is InChI=1S/C13H15ClO4/c1-2-17-13(16)10-6-3-4-7-11(10)18-12(15)8-5-9-14/h3-4,6-7H,2,5,8-9H2,1H3. The molecule has 0 bridgehead atoms. The minimum absolute atomic E-state index is 0.218. The molecule has 0 aliphatic heterocycles. The summed E-state index contributed by atoms with van der Waals surface area (Å²) in [5.41, 5.74) is 0.249. The molecule has 4 nitrogen and oxygen atoms in total. The SMILES string of the molecule is CCOC(=O)c1ccccc1OC(=O)CCCCl. The van der Waals surface area contributed by atoms with Gasteiger partial charge in [-0.25, -0.2) is 4.79 Å². The monoisotopic (exact) mass is 270 g/mol. The molecule has 0 aliphatic rings. The van der Waals surface area contributed by atoms with Gasteiger partial charge < -0.3 is 9.47 Å². The Morgan fingerprint density at radius 1 is 1.28 bits per heavy atom. The first-order valence-electron chi connectivity index (χ1n) is 5.71. The molecule has 18 heavy (non-hydrogen) atoms. The Balaban J connectivity index is 2.76. The third-order valence-electron chi connectivity index (χ3n) is 2.12. The number of benzene rings is 1. The van der Waals surface area contributed by atoms with Crippen LogP contribution in [0.1, 0.15) is 30.1 Å². The molecule has 0 aromatic heterocycles. The average Bonchev–Trinajstić information content (AvgIpc) is 2.37. The predicted octanol–water partition coefficient (Wildman–Crippen LogP) is 2.79. The molecule has 1 aromatic carbocycles. The van der Waals surface area contributed by atoms with E-state index in [2.05, 4.69) is 0 Å². The Bertz CT molecular complexity index is 417. The van der Waals surface area contributed by atoms with Crippen molar-refractivity contribution in [3.05, 3.63) is 29.8 Å². The third-order valence-corrected chi connectivity index (χ3v) is 2.39. The Hall–Kier alpha value is -1.55. The van der Waals surface area contributed by atoms with Gasteiger partial charge in [-0.05, 0) is 25.5 Å². The summed E-state index contributed by atoms with van der Waals surface area (Å²) in [7, 11) is 0. The van der Waals surface area contributed by atoms with Crippen LogP contribution in [0, 0.1) is 0 Å². The van der Waals surface area contributed by atoms with Crippen molar-refractivity contribution in [3.8, 4) is 5.75 Å². The van der Waals surface area contributed by atoms with Gasteiger partial charge in [-0.1, -0.05) is 12.1 Å². The molecule has 0 N–H and O–H groups in total. The number of hydrogen-bond acceptors (Lipinski definition) is 4. The Kier molecular flexibility index (Phi) is 6.22. The molecule has 5 heteroatoms. The molecule has 0 fully saturated rings. The third kappa shape index (κ3) is 4.37. The topological polar surface area (TPSA) is 52.6 Å². The molecule has 1 rings (SSSR count). The van der Waals surface area contributed by atoms with Gasteiger partial charge in [-0.2, -0.15) is 0 Å². The Labute approximate surface area is 111 Å². The number of rotatable bonds is 6. The largest absolute Gasteiger partial charge is 0.462 e. The lowest BCUT2D eigenvalue weighted by Gasteiger charge is -2.08. The van der Waals surface area contributed by atoms with Gasteiger partial charge >= 0.3 is 11.9 Å². The van der Waals surface area contributed by atoms with E-state index in [0.29, 0.717) is 12.3 Å². The van der Waals surface area contributed by atoms with Crippen molar-refractivity contribution in [1.29, 1.82) is 0 Å². The fourth-order valence-corrected chi connectivity index (χ4v) is 1.45. The van der Waals surface area contributed by atoms with Crippen molar-refractivity contribution >= 4 is 23.5 Å². The van der Waals surface area contributed by atoms with Crippen molar-refractivity contribution < 1.29 is 19.1 Å². The van der Waals surface area contributed by atoms with E-state index in [0.717, 1.165) is 0 Å². The van der Waals surface area contributed by atoms with Crippen LogP contribution in [-0.2, 0) is 9.53 Å². The minimum Gasteiger partial charge on any atom is -0.462 e. The molecular formula is C13H15ClO4. The number of carbonyl (C=O) groups excluding carboxylic acids is 2. The van der Waals surface area contributed by atoms with E-state index in [1.807, 2.05) is 0 Å². The highest BCUT2D eigenvalue weighted by molar-refractivity contribution is 6.17. The lowest BCUT2D eigenvalue weighted by atomic mass is 10.2. The fourth-order valence-electron chi connectivity index (χ4n) is 1.32. The summed E-state index contributed by atoms with van der Waals surface area (Å²) < 4.78 is 10.00. The van der Waals surface area contributed by atoms with Crippen LogP contribution >= 0.6 is 11.6 Å². The van der Waals surface area contributed by atoms with Crippen molar-refractivity contribution in [3.63, 3.8) is 0 Å².